The number of anilines is 6. The minimum absolute atomic E-state index is 0.00802. The van der Waals surface area contributed by atoms with Crippen LogP contribution in [0, 0.1) is 0 Å². The van der Waals surface area contributed by atoms with Crippen molar-refractivity contribution in [1.82, 2.24) is 4.98 Å². The van der Waals surface area contributed by atoms with E-state index in [1.54, 1.807) is 67.2 Å². The Morgan fingerprint density at radius 2 is 0.871 bits per heavy atom. The summed E-state index contributed by atoms with van der Waals surface area (Å²) in [6.45, 7) is 31.4. The summed E-state index contributed by atoms with van der Waals surface area (Å²) in [6.07, 6.45) is 0. The first-order chi connectivity index (χ1) is 35.3. The van der Waals surface area contributed by atoms with Gasteiger partial charge in [0, 0.05) is 34.0 Å². The molecule has 0 atom stereocenters. The molecule has 0 spiro atoms. The number of hydrogen-bond donors (Lipinski definition) is 0. The number of nitrogens with zero attached hydrogens (tertiary/aromatic N) is 3. The van der Waals surface area contributed by atoms with Crippen molar-refractivity contribution in [1.29, 1.82) is 0 Å². The molecule has 0 saturated carbocycles. The lowest BCUT2D eigenvalue weighted by Gasteiger charge is -2.44. The molecule has 322 valence electrons. The molecule has 6 aromatic rings. The van der Waals surface area contributed by atoms with E-state index in [9.17, 15) is 21.9 Å². The maximum absolute atomic E-state index is 10.6. The van der Waals surface area contributed by atoms with Crippen molar-refractivity contribution in [2.75, 3.05) is 9.80 Å². The average molecular weight is 856 g/mol. The summed E-state index contributed by atoms with van der Waals surface area (Å²) in [5, 5.41) is 0.145. The normalized spacial score (nSPS) is 18.1. The fraction of sp³-hybridized carbons (Fsp3) is 0.421. The number of benzene rings is 5. The van der Waals surface area contributed by atoms with Gasteiger partial charge in [-0.05, 0) is 119 Å². The monoisotopic (exact) mass is 856 g/mol. The molecule has 0 fully saturated rings. The Kier molecular flexibility index (Phi) is 6.59. The van der Waals surface area contributed by atoms with E-state index in [0.717, 1.165) is 11.3 Å². The van der Waals surface area contributed by atoms with Gasteiger partial charge in [-0.1, -0.05) is 190 Å². The van der Waals surface area contributed by atoms with Gasteiger partial charge in [-0.3, -0.25) is 0 Å². The van der Waals surface area contributed by atoms with Crippen molar-refractivity contribution in [3.05, 3.63) is 130 Å². The molecule has 0 N–H and O–H groups in total. The summed E-state index contributed by atoms with van der Waals surface area (Å²) < 4.78 is 158. The second kappa shape index (κ2) is 14.5. The molecule has 0 saturated heterocycles. The van der Waals surface area contributed by atoms with Crippen LogP contribution >= 0.6 is 11.3 Å². The van der Waals surface area contributed by atoms with Crippen molar-refractivity contribution in [2.24, 2.45) is 0 Å². The maximum atomic E-state index is 10.6. The lowest BCUT2D eigenvalue weighted by atomic mass is 9.35. The number of thiazole rings is 1. The van der Waals surface area contributed by atoms with Crippen LogP contribution in [0.15, 0.2) is 96.7 Å². The first kappa shape index (κ1) is 28.2. The number of hydrogen-bond acceptors (Lipinski definition) is 4. The van der Waals surface area contributed by atoms with Crippen LogP contribution in [0.5, 0.6) is 0 Å². The third-order valence-electron chi connectivity index (χ3n) is 11.3. The van der Waals surface area contributed by atoms with Crippen LogP contribution < -0.4 is 26.3 Å². The topological polar surface area (TPSA) is 19.4 Å². The highest BCUT2D eigenvalue weighted by Gasteiger charge is 2.47. The van der Waals surface area contributed by atoms with Gasteiger partial charge in [-0.25, -0.2) is 4.98 Å². The van der Waals surface area contributed by atoms with Crippen LogP contribution in [0.4, 0.5) is 33.4 Å². The van der Waals surface area contributed by atoms with Gasteiger partial charge in [0.25, 0.3) is 6.71 Å². The Balaban J connectivity index is 1.75. The molecule has 1 aromatic heterocycles. The van der Waals surface area contributed by atoms with E-state index in [4.69, 9.17) is 4.98 Å². The molecular formula is C57H70BN3S. The second-order valence-electron chi connectivity index (χ2n) is 23.0. The molecule has 0 unspecified atom stereocenters. The fourth-order valence-electron chi connectivity index (χ4n) is 7.44. The fourth-order valence-corrected chi connectivity index (χ4v) is 8.52. The summed E-state index contributed by atoms with van der Waals surface area (Å²) in [4.78, 5) is 8.15. The Bertz CT molecular complexity index is 3520. The van der Waals surface area contributed by atoms with E-state index >= 15 is 0 Å². The van der Waals surface area contributed by atoms with E-state index < -0.39 is 57.3 Å². The Hall–Kier alpha value is -4.61. The molecule has 3 heterocycles. The minimum atomic E-state index is -1.35. The number of fused-ring (bicyclic) bond motifs is 4. The third-order valence-corrected chi connectivity index (χ3v) is 12.4. The molecule has 8 rings (SSSR count). The predicted molar refractivity (Wildman–Crippen MR) is 274 cm³/mol. The zero-order valence-electron chi connectivity index (χ0n) is 55.8. The molecule has 0 amide bonds. The molecule has 3 nitrogen and oxygen atoms in total. The number of aromatic nitrogens is 1. The van der Waals surface area contributed by atoms with Crippen molar-refractivity contribution < 1.29 is 21.9 Å². The lowest BCUT2D eigenvalue weighted by molar-refractivity contribution is 0.569. The first-order valence-corrected chi connectivity index (χ1v) is 22.4. The second-order valence-corrected chi connectivity index (χ2v) is 24.0. The van der Waals surface area contributed by atoms with Crippen LogP contribution in [0.3, 0.4) is 0 Å². The zero-order valence-corrected chi connectivity index (χ0v) is 40.6. The molecular weight excluding hydrogens is 770 g/mol. The summed E-state index contributed by atoms with van der Waals surface area (Å²) in [5.41, 5.74) is -4.99. The van der Waals surface area contributed by atoms with E-state index in [0.29, 0.717) is 0 Å². The van der Waals surface area contributed by atoms with Crippen molar-refractivity contribution in [2.45, 2.75) is 157 Å². The maximum Gasteiger partial charge on any atom is 0.276 e. The highest BCUT2D eigenvalue weighted by molar-refractivity contribution is 7.22. The van der Waals surface area contributed by atoms with Crippen molar-refractivity contribution in [3.63, 3.8) is 0 Å². The summed E-state index contributed by atoms with van der Waals surface area (Å²) in [5.74, 6) is 0. The SMILES string of the molecule is [2H]c1c([2H])c(C(C)(C)C)c([2H])c([2H])c1-c1nc2c(s1)N(c1c([2H])c(C(C)(C)C)c([2H])c(C(C)(C)C)c1[2H])c1c([2H])c(C(C)(C)C)c([2H])c3c1B2c1c([2H])c(C(C)(C)C)c([2H])c([2H])c1N3c1c([2H])c([2H])c(C(C)(C)C)c([2H])c1[2H]. The summed E-state index contributed by atoms with van der Waals surface area (Å²) >= 11 is 0.941. The average Bonchev–Trinajstić information content (AvgIpc) is 3.77. The molecule has 2 aliphatic rings. The molecule has 5 heteroatoms. The zero-order chi connectivity index (χ0) is 59.2. The van der Waals surface area contributed by atoms with Gasteiger partial charge < -0.3 is 9.80 Å². The molecule has 2 aliphatic heterocycles. The van der Waals surface area contributed by atoms with Crippen LogP contribution in [-0.4, -0.2) is 11.7 Å². The molecule has 5 aromatic carbocycles. The van der Waals surface area contributed by atoms with Gasteiger partial charge in [0.15, 0.2) is 0 Å². The molecule has 0 aliphatic carbocycles. The van der Waals surface area contributed by atoms with Crippen molar-refractivity contribution >= 4 is 68.0 Å². The molecule has 62 heavy (non-hydrogen) atoms. The molecule has 0 bridgehead atoms. The van der Waals surface area contributed by atoms with E-state index in [2.05, 4.69) is 0 Å². The molecule has 0 radical (unpaired) electrons. The van der Waals surface area contributed by atoms with Gasteiger partial charge in [0.05, 0.1) is 27.5 Å². The Morgan fingerprint density at radius 3 is 1.35 bits per heavy atom. The quantitative estimate of drug-likeness (QED) is 0.165. The predicted octanol–water partition coefficient (Wildman–Crippen LogP) is 14.7. The van der Waals surface area contributed by atoms with Crippen LogP contribution in [-0.2, 0) is 32.5 Å². The van der Waals surface area contributed by atoms with Crippen molar-refractivity contribution in [3.8, 4) is 10.6 Å². The minimum Gasteiger partial charge on any atom is -0.311 e. The third kappa shape index (κ3) is 7.86. The summed E-state index contributed by atoms with van der Waals surface area (Å²) in [7, 11) is 0. The van der Waals surface area contributed by atoms with Gasteiger partial charge in [0.2, 0.25) is 0 Å². The lowest BCUT2D eigenvalue weighted by Crippen LogP contribution is -2.62. The highest BCUT2D eigenvalue weighted by atomic mass is 32.1. The van der Waals surface area contributed by atoms with Crippen LogP contribution in [0.25, 0.3) is 10.6 Å². The standard InChI is InChI=1S/C57H70BN3S/c1-52(2,3)36-21-19-35(20-22-36)50-59-49-51(62-50)61(43-30-39(55(10,11)12)29-40(31-43)56(13,14)15)47-34-41(57(16,17)18)33-46-48(47)58(49)44-32-38(54(7,8)9)25-28-45(44)60(46)42-26-23-37(24-27-42)53(4,5)6/h19-34H,1-18H3/i19D,20D,21D,22D,23D,24D,25D,26D,27D,28D,29D,30D,31D,32D,33D,34D. The van der Waals surface area contributed by atoms with Crippen LogP contribution in [0.1, 0.15) is 180 Å². The van der Waals surface area contributed by atoms with Crippen LogP contribution in [0.2, 0.25) is 0 Å². The Labute approximate surface area is 401 Å². The number of rotatable bonds is 3. The van der Waals surface area contributed by atoms with E-state index in [1.165, 1.54) is 4.90 Å². The van der Waals surface area contributed by atoms with Gasteiger partial charge in [-0.2, -0.15) is 0 Å². The largest absolute Gasteiger partial charge is 0.311 e. The Morgan fingerprint density at radius 1 is 0.435 bits per heavy atom. The van der Waals surface area contributed by atoms with E-state index in [1.807, 2.05) is 62.3 Å². The van der Waals surface area contributed by atoms with Gasteiger partial charge in [-0.15, -0.1) is 0 Å². The highest BCUT2D eigenvalue weighted by Crippen LogP contribution is 2.50. The van der Waals surface area contributed by atoms with Gasteiger partial charge >= 0.3 is 0 Å². The summed E-state index contributed by atoms with van der Waals surface area (Å²) in [6, 6.07) is -5.14. The first-order valence-electron chi connectivity index (χ1n) is 29.6. The van der Waals surface area contributed by atoms with Gasteiger partial charge in [0.1, 0.15) is 10.0 Å². The smallest absolute Gasteiger partial charge is 0.276 e. The van der Waals surface area contributed by atoms with E-state index in [-0.39, 0.29) is 172 Å².